The maximum absolute atomic E-state index is 13.8. The number of aldehydes is 1. The van der Waals surface area contributed by atoms with E-state index in [9.17, 15) is 22.4 Å². The molecule has 12 heteroatoms. The van der Waals surface area contributed by atoms with E-state index in [4.69, 9.17) is 5.73 Å². The van der Waals surface area contributed by atoms with E-state index in [2.05, 4.69) is 25.2 Å². The number of nitrogens with two attached hydrogens (primary N) is 1. The molecule has 0 bridgehead atoms. The number of nitrogens with zero attached hydrogens (tertiary/aromatic N) is 5. The summed E-state index contributed by atoms with van der Waals surface area (Å²) >= 11 is 0. The second-order valence-electron chi connectivity index (χ2n) is 9.04. The van der Waals surface area contributed by atoms with Gasteiger partial charge in [-0.15, -0.1) is 0 Å². The zero-order valence-electron chi connectivity index (χ0n) is 19.3. The lowest BCUT2D eigenvalue weighted by Gasteiger charge is -2.33. The first-order valence-corrected chi connectivity index (χ1v) is 11.7. The molecule has 0 aliphatic carbocycles. The van der Waals surface area contributed by atoms with E-state index in [1.165, 1.54) is 12.4 Å². The zero-order valence-corrected chi connectivity index (χ0v) is 19.3. The summed E-state index contributed by atoms with van der Waals surface area (Å²) in [7, 11) is 0. The van der Waals surface area contributed by atoms with Crippen LogP contribution in [0.25, 0.3) is 11.3 Å². The van der Waals surface area contributed by atoms with Gasteiger partial charge in [-0.25, -0.2) is 19.3 Å². The Morgan fingerprint density at radius 1 is 1.19 bits per heavy atom. The highest BCUT2D eigenvalue weighted by molar-refractivity contribution is 5.73. The average Bonchev–Trinajstić information content (AvgIpc) is 3.48. The maximum atomic E-state index is 13.8. The number of anilines is 2. The van der Waals surface area contributed by atoms with Crippen molar-refractivity contribution in [3.8, 4) is 11.3 Å². The highest BCUT2D eigenvalue weighted by Crippen LogP contribution is 2.37. The molecule has 0 spiro atoms. The van der Waals surface area contributed by atoms with Crippen molar-refractivity contribution < 1.29 is 22.4 Å². The molecule has 0 saturated carbocycles. The molecule has 36 heavy (non-hydrogen) atoms. The van der Waals surface area contributed by atoms with Gasteiger partial charge in [-0.3, -0.25) is 0 Å². The molecule has 8 nitrogen and oxygen atoms in total. The first kappa shape index (κ1) is 24.2. The van der Waals surface area contributed by atoms with Crippen LogP contribution in [0.1, 0.15) is 35.7 Å². The van der Waals surface area contributed by atoms with Crippen molar-refractivity contribution in [3.63, 3.8) is 0 Å². The number of fused-ring (bicyclic) bond motifs is 1. The number of alkyl halides is 3. The van der Waals surface area contributed by atoms with Crippen LogP contribution in [0.5, 0.6) is 0 Å². The predicted molar refractivity (Wildman–Crippen MR) is 125 cm³/mol. The molecule has 2 aliphatic heterocycles. The largest absolute Gasteiger partial charge is 0.419 e. The molecule has 190 valence electrons. The van der Waals surface area contributed by atoms with Crippen LogP contribution in [0.3, 0.4) is 0 Å². The van der Waals surface area contributed by atoms with Crippen molar-refractivity contribution in [3.05, 3.63) is 53.5 Å². The average molecular weight is 504 g/mol. The van der Waals surface area contributed by atoms with E-state index < -0.39 is 17.6 Å². The van der Waals surface area contributed by atoms with E-state index in [1.54, 1.807) is 6.20 Å². The van der Waals surface area contributed by atoms with E-state index in [0.717, 1.165) is 48.5 Å². The van der Waals surface area contributed by atoms with Crippen LogP contribution in [-0.4, -0.2) is 51.5 Å². The summed E-state index contributed by atoms with van der Waals surface area (Å²) in [5.74, 6) is 1.00. The number of hydrogen-bond donors (Lipinski definition) is 2. The second-order valence-corrected chi connectivity index (χ2v) is 9.04. The molecule has 1 fully saturated rings. The number of hydrogen-bond acceptors (Lipinski definition) is 7. The summed E-state index contributed by atoms with van der Waals surface area (Å²) in [6, 6.07) is 2.62. The van der Waals surface area contributed by atoms with Crippen LogP contribution < -0.4 is 16.0 Å². The molecule has 3 N–H and O–H groups in total. The standard InChI is InChI=1S/C24H25F4N7O/c25-19-2-1-15(9-18(19)24(26,27)28)20-11-35(8-5-29)22(33-20)14-3-6-34(7-4-14)23-17-10-16(12-36)32-21(17)30-13-31-23/h1-2,9,11-14,16H,3-8,10,29H2,(H,30,31,32). The molecule has 0 amide bonds. The fourth-order valence-electron chi connectivity index (χ4n) is 4.98. The third kappa shape index (κ3) is 4.52. The van der Waals surface area contributed by atoms with E-state index >= 15 is 0 Å². The van der Waals surface area contributed by atoms with E-state index in [1.807, 2.05) is 4.57 Å². The normalized spacial score (nSPS) is 18.2. The lowest BCUT2D eigenvalue weighted by Crippen LogP contribution is -2.35. The molecule has 1 atom stereocenters. The molecule has 1 saturated heterocycles. The highest BCUT2D eigenvalue weighted by atomic mass is 19.4. The van der Waals surface area contributed by atoms with Crippen molar-refractivity contribution in [1.29, 1.82) is 0 Å². The summed E-state index contributed by atoms with van der Waals surface area (Å²) in [6.07, 6.45) is 1.28. The summed E-state index contributed by atoms with van der Waals surface area (Å²) in [5.41, 5.74) is 5.95. The zero-order chi connectivity index (χ0) is 25.4. The van der Waals surface area contributed by atoms with Gasteiger partial charge in [0.2, 0.25) is 0 Å². The first-order chi connectivity index (χ1) is 17.3. The Hall–Kier alpha value is -3.54. The number of nitrogens with one attached hydrogen (secondary N) is 1. The summed E-state index contributed by atoms with van der Waals surface area (Å²) < 4.78 is 55.3. The molecule has 1 aromatic carbocycles. The topological polar surface area (TPSA) is 102 Å². The number of aromatic nitrogens is 4. The molecule has 3 aromatic rings. The molecule has 0 radical (unpaired) electrons. The third-order valence-corrected chi connectivity index (χ3v) is 6.74. The van der Waals surface area contributed by atoms with Crippen molar-refractivity contribution >= 4 is 17.9 Å². The van der Waals surface area contributed by atoms with Crippen LogP contribution in [0, 0.1) is 5.82 Å². The maximum Gasteiger partial charge on any atom is 0.419 e. The van der Waals surface area contributed by atoms with Gasteiger partial charge in [-0.2, -0.15) is 13.2 Å². The summed E-state index contributed by atoms with van der Waals surface area (Å²) in [6.45, 7) is 2.20. The molecule has 2 aromatic heterocycles. The summed E-state index contributed by atoms with van der Waals surface area (Å²) in [4.78, 5) is 26.8. The lowest BCUT2D eigenvalue weighted by molar-refractivity contribution is -0.139. The fourth-order valence-corrected chi connectivity index (χ4v) is 4.98. The molecule has 2 aliphatic rings. The van der Waals surface area contributed by atoms with Gasteiger partial charge in [0.1, 0.15) is 35.9 Å². The lowest BCUT2D eigenvalue weighted by atomic mass is 9.95. The minimum Gasteiger partial charge on any atom is -0.360 e. The van der Waals surface area contributed by atoms with Gasteiger partial charge in [-0.05, 0) is 31.0 Å². The van der Waals surface area contributed by atoms with Crippen molar-refractivity contribution in [2.24, 2.45) is 5.73 Å². The minimum atomic E-state index is -4.79. The van der Waals surface area contributed by atoms with Crippen LogP contribution in [0.15, 0.2) is 30.7 Å². The number of carbonyl (C=O) groups is 1. The first-order valence-electron chi connectivity index (χ1n) is 11.7. The number of carbonyl (C=O) groups excluding carboxylic acids is 1. The van der Waals surface area contributed by atoms with Gasteiger partial charge < -0.3 is 25.3 Å². The second kappa shape index (κ2) is 9.49. The smallest absolute Gasteiger partial charge is 0.360 e. The van der Waals surface area contributed by atoms with Crippen molar-refractivity contribution in [2.75, 3.05) is 29.9 Å². The Kier molecular flexibility index (Phi) is 6.37. The van der Waals surface area contributed by atoms with Crippen molar-refractivity contribution in [1.82, 2.24) is 19.5 Å². The Morgan fingerprint density at radius 2 is 1.97 bits per heavy atom. The van der Waals surface area contributed by atoms with Crippen LogP contribution in [-0.2, 0) is 23.9 Å². The van der Waals surface area contributed by atoms with Gasteiger partial charge in [0, 0.05) is 55.8 Å². The van der Waals surface area contributed by atoms with Gasteiger partial charge >= 0.3 is 6.18 Å². The quantitative estimate of drug-likeness (QED) is 0.393. The Morgan fingerprint density at radius 3 is 2.67 bits per heavy atom. The molecular formula is C24H25F4N7O. The molecule has 5 rings (SSSR count). The molecule has 1 unspecified atom stereocenters. The van der Waals surface area contributed by atoms with Gasteiger partial charge in [0.25, 0.3) is 0 Å². The third-order valence-electron chi connectivity index (χ3n) is 6.74. The highest BCUT2D eigenvalue weighted by Gasteiger charge is 2.35. The van der Waals surface area contributed by atoms with E-state index in [0.29, 0.717) is 44.1 Å². The number of benzene rings is 1. The Bertz CT molecular complexity index is 1270. The number of rotatable bonds is 6. The molecule has 4 heterocycles. The summed E-state index contributed by atoms with van der Waals surface area (Å²) in [5, 5.41) is 3.09. The Labute approximate surface area is 204 Å². The predicted octanol–water partition coefficient (Wildman–Crippen LogP) is 3.38. The van der Waals surface area contributed by atoms with Gasteiger partial charge in [0.05, 0.1) is 17.3 Å². The van der Waals surface area contributed by atoms with Crippen LogP contribution in [0.4, 0.5) is 29.2 Å². The monoisotopic (exact) mass is 503 g/mol. The Balaban J connectivity index is 1.37. The molecular weight excluding hydrogens is 478 g/mol. The fraction of sp³-hybridized carbons (Fsp3) is 0.417. The number of imidazole rings is 1. The van der Waals surface area contributed by atoms with Gasteiger partial charge in [0.15, 0.2) is 0 Å². The SMILES string of the molecule is NCCn1cc(-c2ccc(F)c(C(F)(F)F)c2)nc1C1CCN(c2ncnc3c2CC(C=O)N3)CC1. The number of halogens is 4. The van der Waals surface area contributed by atoms with Crippen LogP contribution in [0.2, 0.25) is 0 Å². The van der Waals surface area contributed by atoms with Crippen molar-refractivity contribution in [2.45, 2.75) is 43.9 Å². The van der Waals surface area contributed by atoms with Crippen LogP contribution >= 0.6 is 0 Å². The number of piperidine rings is 1. The minimum absolute atomic E-state index is 0.0693. The van der Waals surface area contributed by atoms with E-state index in [-0.39, 0.29) is 17.5 Å². The van der Waals surface area contributed by atoms with Gasteiger partial charge in [-0.1, -0.05) is 0 Å².